The highest BCUT2D eigenvalue weighted by molar-refractivity contribution is 5.64. The van der Waals surface area contributed by atoms with Gasteiger partial charge in [-0.2, -0.15) is 4.98 Å². The third-order valence-corrected chi connectivity index (χ3v) is 4.50. The zero-order chi connectivity index (χ0) is 19.6. The summed E-state index contributed by atoms with van der Waals surface area (Å²) in [6.07, 6.45) is 0.929. The Labute approximate surface area is 167 Å². The first-order valence-electron chi connectivity index (χ1n) is 9.76. The van der Waals surface area contributed by atoms with Crippen LogP contribution in [-0.4, -0.2) is 36.8 Å². The van der Waals surface area contributed by atoms with Crippen LogP contribution < -0.4 is 10.2 Å². The third-order valence-electron chi connectivity index (χ3n) is 4.50. The highest BCUT2D eigenvalue weighted by Crippen LogP contribution is 2.23. The van der Waals surface area contributed by atoms with Crippen LogP contribution in [0.4, 0.5) is 11.8 Å². The van der Waals surface area contributed by atoms with Crippen molar-refractivity contribution in [2.24, 2.45) is 0 Å². The lowest BCUT2D eigenvalue weighted by atomic mass is 10.1. The van der Waals surface area contributed by atoms with E-state index in [0.717, 1.165) is 55.7 Å². The molecule has 3 rings (SSSR count). The lowest BCUT2D eigenvalue weighted by Crippen LogP contribution is -2.25. The maximum atomic E-state index is 5.14. The molecule has 0 atom stereocenters. The fraction of sp³-hybridized carbons (Fsp3) is 0.304. The van der Waals surface area contributed by atoms with Crippen molar-refractivity contribution in [2.75, 3.05) is 37.0 Å². The van der Waals surface area contributed by atoms with Crippen LogP contribution in [0.25, 0.3) is 11.3 Å². The van der Waals surface area contributed by atoms with Crippen LogP contribution in [0.1, 0.15) is 18.9 Å². The van der Waals surface area contributed by atoms with E-state index in [1.165, 1.54) is 5.56 Å². The molecule has 0 amide bonds. The molecule has 5 heteroatoms. The van der Waals surface area contributed by atoms with E-state index < -0.39 is 0 Å². The molecule has 0 bridgehead atoms. The van der Waals surface area contributed by atoms with E-state index >= 15 is 0 Å². The van der Waals surface area contributed by atoms with Gasteiger partial charge in [0.05, 0.1) is 5.69 Å². The van der Waals surface area contributed by atoms with Crippen LogP contribution in [0.15, 0.2) is 66.7 Å². The summed E-state index contributed by atoms with van der Waals surface area (Å²) in [7, 11) is 1.72. The number of aromatic nitrogens is 2. The van der Waals surface area contributed by atoms with E-state index in [2.05, 4.69) is 53.5 Å². The first kappa shape index (κ1) is 19.8. The molecule has 0 fully saturated rings. The molecule has 2 aromatic carbocycles. The topological polar surface area (TPSA) is 50.3 Å². The molecule has 28 heavy (non-hydrogen) atoms. The zero-order valence-corrected chi connectivity index (χ0v) is 16.6. The van der Waals surface area contributed by atoms with E-state index in [1.807, 2.05) is 30.3 Å². The van der Waals surface area contributed by atoms with E-state index in [0.29, 0.717) is 0 Å². The van der Waals surface area contributed by atoms with Gasteiger partial charge in [-0.15, -0.1) is 0 Å². The average Bonchev–Trinajstić information content (AvgIpc) is 2.76. The van der Waals surface area contributed by atoms with Crippen molar-refractivity contribution >= 4 is 11.8 Å². The molecular formula is C23H28N4O. The number of anilines is 2. The van der Waals surface area contributed by atoms with Gasteiger partial charge in [-0.05, 0) is 18.9 Å². The zero-order valence-electron chi connectivity index (χ0n) is 16.6. The summed E-state index contributed by atoms with van der Waals surface area (Å²) in [4.78, 5) is 11.8. The van der Waals surface area contributed by atoms with Crippen molar-refractivity contribution in [1.29, 1.82) is 0 Å². The number of methoxy groups -OCH3 is 1. The number of hydrogen-bond donors (Lipinski definition) is 1. The van der Waals surface area contributed by atoms with Gasteiger partial charge in [-0.25, -0.2) is 4.98 Å². The quantitative estimate of drug-likeness (QED) is 0.523. The Balaban J connectivity index is 1.89. The second-order valence-corrected chi connectivity index (χ2v) is 6.58. The predicted octanol–water partition coefficient (Wildman–Crippen LogP) is 4.62. The van der Waals surface area contributed by atoms with E-state index in [1.54, 1.807) is 7.11 Å². The molecule has 0 aliphatic heterocycles. The molecule has 0 aliphatic carbocycles. The summed E-state index contributed by atoms with van der Waals surface area (Å²) >= 11 is 0. The first-order chi connectivity index (χ1) is 13.8. The van der Waals surface area contributed by atoms with Crippen molar-refractivity contribution < 1.29 is 4.74 Å². The van der Waals surface area contributed by atoms with Crippen molar-refractivity contribution in [3.8, 4) is 11.3 Å². The Bertz CT molecular complexity index is 840. The minimum Gasteiger partial charge on any atom is -0.385 e. The van der Waals surface area contributed by atoms with Gasteiger partial charge in [0, 0.05) is 45.0 Å². The first-order valence-corrected chi connectivity index (χ1v) is 9.76. The fourth-order valence-electron chi connectivity index (χ4n) is 2.98. The molecule has 1 heterocycles. The van der Waals surface area contributed by atoms with Gasteiger partial charge >= 0.3 is 0 Å². The van der Waals surface area contributed by atoms with E-state index in [-0.39, 0.29) is 0 Å². The second-order valence-electron chi connectivity index (χ2n) is 6.58. The molecule has 0 saturated heterocycles. The van der Waals surface area contributed by atoms with Gasteiger partial charge in [0.1, 0.15) is 5.82 Å². The molecule has 0 spiro atoms. The van der Waals surface area contributed by atoms with E-state index in [9.17, 15) is 0 Å². The average molecular weight is 377 g/mol. The third kappa shape index (κ3) is 5.54. The highest BCUT2D eigenvalue weighted by Gasteiger charge is 2.13. The van der Waals surface area contributed by atoms with Crippen LogP contribution in [0.2, 0.25) is 0 Å². The molecule has 1 N–H and O–H groups in total. The van der Waals surface area contributed by atoms with Crippen LogP contribution in [0, 0.1) is 0 Å². The largest absolute Gasteiger partial charge is 0.385 e. The minimum absolute atomic E-state index is 0.728. The molecule has 146 valence electrons. The number of nitrogens with zero attached hydrogens (tertiary/aromatic N) is 3. The molecule has 5 nitrogen and oxygen atoms in total. The van der Waals surface area contributed by atoms with Gasteiger partial charge in [0.2, 0.25) is 5.95 Å². The van der Waals surface area contributed by atoms with Crippen LogP contribution in [0.3, 0.4) is 0 Å². The normalized spacial score (nSPS) is 10.6. The van der Waals surface area contributed by atoms with Gasteiger partial charge in [-0.3, -0.25) is 0 Å². The van der Waals surface area contributed by atoms with Crippen molar-refractivity contribution in [3.63, 3.8) is 0 Å². The summed E-state index contributed by atoms with van der Waals surface area (Å²) in [5.41, 5.74) is 3.25. The highest BCUT2D eigenvalue weighted by atomic mass is 16.5. The Hall–Kier alpha value is -2.92. The Kier molecular flexibility index (Phi) is 7.38. The fourth-order valence-corrected chi connectivity index (χ4v) is 2.98. The summed E-state index contributed by atoms with van der Waals surface area (Å²) in [6, 6.07) is 22.7. The summed E-state index contributed by atoms with van der Waals surface area (Å²) < 4.78 is 5.14. The Morgan fingerprint density at radius 1 is 0.964 bits per heavy atom. The number of ether oxygens (including phenoxy) is 1. The molecule has 0 unspecified atom stereocenters. The molecule has 0 radical (unpaired) electrons. The molecular weight excluding hydrogens is 348 g/mol. The number of nitrogens with one attached hydrogen (secondary N) is 1. The molecule has 1 aromatic heterocycles. The minimum atomic E-state index is 0.728. The van der Waals surface area contributed by atoms with Crippen molar-refractivity contribution in [1.82, 2.24) is 9.97 Å². The van der Waals surface area contributed by atoms with E-state index in [4.69, 9.17) is 14.7 Å². The monoisotopic (exact) mass is 376 g/mol. The molecule has 3 aromatic rings. The predicted molar refractivity (Wildman–Crippen MR) is 116 cm³/mol. The summed E-state index contributed by atoms with van der Waals surface area (Å²) in [5.74, 6) is 1.58. The molecule has 0 saturated carbocycles. The van der Waals surface area contributed by atoms with Crippen LogP contribution >= 0.6 is 0 Å². The summed E-state index contributed by atoms with van der Waals surface area (Å²) in [5, 5.41) is 3.42. The maximum absolute atomic E-state index is 5.14. The lowest BCUT2D eigenvalue weighted by Gasteiger charge is -2.22. The van der Waals surface area contributed by atoms with Crippen LogP contribution in [0.5, 0.6) is 0 Å². The van der Waals surface area contributed by atoms with Gasteiger partial charge < -0.3 is 15.0 Å². The van der Waals surface area contributed by atoms with Crippen LogP contribution in [-0.2, 0) is 11.3 Å². The Morgan fingerprint density at radius 2 is 1.68 bits per heavy atom. The van der Waals surface area contributed by atoms with Gasteiger partial charge in [0.25, 0.3) is 0 Å². The molecule has 0 aliphatic rings. The summed E-state index contributed by atoms with van der Waals surface area (Å²) in [6.45, 7) is 5.27. The second kappa shape index (κ2) is 10.4. The maximum Gasteiger partial charge on any atom is 0.228 e. The lowest BCUT2D eigenvalue weighted by molar-refractivity contribution is 0.198. The number of hydrogen-bond acceptors (Lipinski definition) is 5. The van der Waals surface area contributed by atoms with Crippen molar-refractivity contribution in [2.45, 2.75) is 19.9 Å². The standard InChI is InChI=1S/C23H28N4O/c1-3-27(18-19-11-6-4-7-12-19)23-25-21(20-13-8-5-9-14-20)17-22(26-23)24-15-10-16-28-2/h4-9,11-14,17H,3,10,15-16,18H2,1-2H3,(H,24,25,26). The van der Waals surface area contributed by atoms with Gasteiger partial charge in [0.15, 0.2) is 0 Å². The number of benzene rings is 2. The van der Waals surface area contributed by atoms with Crippen molar-refractivity contribution in [3.05, 3.63) is 72.3 Å². The Morgan fingerprint density at radius 3 is 2.36 bits per heavy atom. The van der Waals surface area contributed by atoms with Gasteiger partial charge in [-0.1, -0.05) is 60.7 Å². The number of rotatable bonds is 10. The SMILES string of the molecule is CCN(Cc1ccccc1)c1nc(NCCCOC)cc(-c2ccccc2)n1. The smallest absolute Gasteiger partial charge is 0.228 e.